The molecule has 1 fully saturated rings. The second-order valence-corrected chi connectivity index (χ2v) is 6.32. The molecule has 1 aliphatic heterocycles. The van der Waals surface area contributed by atoms with Crippen molar-refractivity contribution in [1.82, 2.24) is 9.88 Å². The molecule has 0 bridgehead atoms. The minimum atomic E-state index is 0.0587. The number of pyridine rings is 1. The average Bonchev–Trinajstić information content (AvgIpc) is 2.61. The number of likely N-dealkylation sites (tertiary alicyclic amines) is 1. The number of ether oxygens (including phenoxy) is 1. The lowest BCUT2D eigenvalue weighted by Crippen LogP contribution is -2.39. The standard InChI is InChI=1S/C19H23N3O2/c1-14-5-4-8-22(13-14)19(23)15-9-17(12-20-11-15)21-16-6-3-7-18(10-16)24-2/h3,6-7,9-12,14,21H,4-5,8,13H2,1-2H3. The Kier molecular flexibility index (Phi) is 4.99. The predicted octanol–water partition coefficient (Wildman–Crippen LogP) is 3.71. The van der Waals surface area contributed by atoms with Crippen molar-refractivity contribution in [2.45, 2.75) is 19.8 Å². The lowest BCUT2D eigenvalue weighted by molar-refractivity contribution is 0.0682. The molecule has 0 spiro atoms. The summed E-state index contributed by atoms with van der Waals surface area (Å²) in [5.74, 6) is 1.40. The molecule has 1 aromatic carbocycles. The Hall–Kier alpha value is -2.56. The fourth-order valence-corrected chi connectivity index (χ4v) is 3.05. The average molecular weight is 325 g/mol. The van der Waals surface area contributed by atoms with E-state index in [-0.39, 0.29) is 5.91 Å². The number of hydrogen-bond acceptors (Lipinski definition) is 4. The van der Waals surface area contributed by atoms with Crippen LogP contribution in [0.3, 0.4) is 0 Å². The van der Waals surface area contributed by atoms with E-state index in [1.165, 1.54) is 6.42 Å². The number of carbonyl (C=O) groups is 1. The normalized spacial score (nSPS) is 17.4. The van der Waals surface area contributed by atoms with Crippen LogP contribution in [0.5, 0.6) is 5.75 Å². The van der Waals surface area contributed by atoms with Gasteiger partial charge in [0.2, 0.25) is 0 Å². The Morgan fingerprint density at radius 1 is 1.29 bits per heavy atom. The molecule has 1 aromatic heterocycles. The summed E-state index contributed by atoms with van der Waals surface area (Å²) in [7, 11) is 1.64. The summed E-state index contributed by atoms with van der Waals surface area (Å²) in [5, 5.41) is 3.27. The maximum Gasteiger partial charge on any atom is 0.255 e. The Labute approximate surface area is 142 Å². The zero-order chi connectivity index (χ0) is 16.9. The van der Waals surface area contributed by atoms with Gasteiger partial charge in [-0.05, 0) is 37.0 Å². The number of rotatable bonds is 4. The van der Waals surface area contributed by atoms with E-state index in [1.54, 1.807) is 19.5 Å². The highest BCUT2D eigenvalue weighted by molar-refractivity contribution is 5.95. The molecule has 0 saturated carbocycles. The van der Waals surface area contributed by atoms with Crippen LogP contribution in [-0.4, -0.2) is 36.0 Å². The number of carbonyl (C=O) groups excluding carboxylic acids is 1. The van der Waals surface area contributed by atoms with Crippen LogP contribution in [0, 0.1) is 5.92 Å². The number of methoxy groups -OCH3 is 1. The van der Waals surface area contributed by atoms with Crippen LogP contribution >= 0.6 is 0 Å². The molecule has 1 unspecified atom stereocenters. The maximum atomic E-state index is 12.7. The van der Waals surface area contributed by atoms with Crippen LogP contribution in [0.4, 0.5) is 11.4 Å². The van der Waals surface area contributed by atoms with Crippen LogP contribution in [0.25, 0.3) is 0 Å². The van der Waals surface area contributed by atoms with Gasteiger partial charge in [-0.25, -0.2) is 0 Å². The van der Waals surface area contributed by atoms with Gasteiger partial charge in [0.15, 0.2) is 0 Å². The number of benzene rings is 1. The Balaban J connectivity index is 1.74. The summed E-state index contributed by atoms with van der Waals surface area (Å²) < 4.78 is 5.23. The van der Waals surface area contributed by atoms with E-state index in [1.807, 2.05) is 35.2 Å². The Morgan fingerprint density at radius 2 is 2.17 bits per heavy atom. The first kappa shape index (κ1) is 16.3. The molecule has 2 heterocycles. The molecule has 1 amide bonds. The number of hydrogen-bond donors (Lipinski definition) is 1. The van der Waals surface area contributed by atoms with Gasteiger partial charge in [-0.15, -0.1) is 0 Å². The molecule has 1 aliphatic rings. The fourth-order valence-electron chi connectivity index (χ4n) is 3.05. The molecule has 126 valence electrons. The maximum absolute atomic E-state index is 12.7. The molecule has 1 saturated heterocycles. The summed E-state index contributed by atoms with van der Waals surface area (Å²) in [4.78, 5) is 18.8. The van der Waals surface area contributed by atoms with E-state index >= 15 is 0 Å². The van der Waals surface area contributed by atoms with Gasteiger partial charge in [-0.1, -0.05) is 13.0 Å². The highest BCUT2D eigenvalue weighted by Gasteiger charge is 2.22. The quantitative estimate of drug-likeness (QED) is 0.931. The molecular formula is C19H23N3O2. The van der Waals surface area contributed by atoms with Crippen molar-refractivity contribution in [2.24, 2.45) is 5.92 Å². The van der Waals surface area contributed by atoms with Gasteiger partial charge in [0.25, 0.3) is 5.91 Å². The van der Waals surface area contributed by atoms with Gasteiger partial charge >= 0.3 is 0 Å². The predicted molar refractivity (Wildman–Crippen MR) is 94.8 cm³/mol. The topological polar surface area (TPSA) is 54.5 Å². The van der Waals surface area contributed by atoms with Crippen molar-refractivity contribution < 1.29 is 9.53 Å². The number of anilines is 2. The monoisotopic (exact) mass is 325 g/mol. The summed E-state index contributed by atoms with van der Waals surface area (Å²) in [6.07, 6.45) is 5.62. The van der Waals surface area contributed by atoms with Gasteiger partial charge in [-0.3, -0.25) is 9.78 Å². The third-order valence-electron chi connectivity index (χ3n) is 4.29. The van der Waals surface area contributed by atoms with Crippen molar-refractivity contribution in [2.75, 3.05) is 25.5 Å². The third kappa shape index (κ3) is 3.85. The molecule has 0 aliphatic carbocycles. The van der Waals surface area contributed by atoms with Crippen molar-refractivity contribution in [3.63, 3.8) is 0 Å². The molecule has 5 nitrogen and oxygen atoms in total. The molecule has 24 heavy (non-hydrogen) atoms. The first-order valence-electron chi connectivity index (χ1n) is 8.31. The van der Waals surface area contributed by atoms with Gasteiger partial charge in [0.1, 0.15) is 5.75 Å². The van der Waals surface area contributed by atoms with Crippen LogP contribution in [0.15, 0.2) is 42.7 Å². The van der Waals surface area contributed by atoms with Crippen LogP contribution in [0.2, 0.25) is 0 Å². The highest BCUT2D eigenvalue weighted by atomic mass is 16.5. The molecule has 2 aromatic rings. The van der Waals surface area contributed by atoms with Crippen molar-refractivity contribution in [3.05, 3.63) is 48.3 Å². The van der Waals surface area contributed by atoms with Crippen LogP contribution in [-0.2, 0) is 0 Å². The van der Waals surface area contributed by atoms with Gasteiger partial charge in [0.05, 0.1) is 24.6 Å². The van der Waals surface area contributed by atoms with Gasteiger partial charge < -0.3 is 15.0 Å². The van der Waals surface area contributed by atoms with Crippen molar-refractivity contribution in [3.8, 4) is 5.75 Å². The number of nitrogens with one attached hydrogen (secondary N) is 1. The molecule has 5 heteroatoms. The SMILES string of the molecule is COc1cccc(Nc2cncc(C(=O)N3CCCC(C)C3)c2)c1. The second kappa shape index (κ2) is 7.34. The molecule has 1 atom stereocenters. The molecular weight excluding hydrogens is 302 g/mol. The summed E-state index contributed by atoms with van der Waals surface area (Å²) >= 11 is 0. The van der Waals surface area contributed by atoms with E-state index in [2.05, 4.69) is 17.2 Å². The van der Waals surface area contributed by atoms with Crippen molar-refractivity contribution in [1.29, 1.82) is 0 Å². The summed E-state index contributed by atoms with van der Waals surface area (Å²) in [6.45, 7) is 3.85. The number of nitrogens with zero attached hydrogens (tertiary/aromatic N) is 2. The Bertz CT molecular complexity index is 717. The highest BCUT2D eigenvalue weighted by Crippen LogP contribution is 2.23. The number of amides is 1. The van der Waals surface area contributed by atoms with Crippen molar-refractivity contribution >= 4 is 17.3 Å². The van der Waals surface area contributed by atoms with Gasteiger partial charge in [-0.2, -0.15) is 0 Å². The molecule has 3 rings (SSSR count). The third-order valence-corrected chi connectivity index (χ3v) is 4.29. The number of piperidine rings is 1. The zero-order valence-electron chi connectivity index (χ0n) is 14.2. The molecule has 1 N–H and O–H groups in total. The molecule has 0 radical (unpaired) electrons. The van der Waals surface area contributed by atoms with E-state index in [0.717, 1.165) is 36.6 Å². The first-order chi connectivity index (χ1) is 11.7. The zero-order valence-corrected chi connectivity index (χ0v) is 14.2. The second-order valence-electron chi connectivity index (χ2n) is 6.32. The smallest absolute Gasteiger partial charge is 0.255 e. The minimum absolute atomic E-state index is 0.0587. The lowest BCUT2D eigenvalue weighted by Gasteiger charge is -2.31. The van der Waals surface area contributed by atoms with Crippen LogP contribution in [0.1, 0.15) is 30.1 Å². The van der Waals surface area contributed by atoms with E-state index in [4.69, 9.17) is 4.74 Å². The van der Waals surface area contributed by atoms with E-state index in [9.17, 15) is 4.79 Å². The largest absolute Gasteiger partial charge is 0.497 e. The number of aromatic nitrogens is 1. The van der Waals surface area contributed by atoms with E-state index in [0.29, 0.717) is 11.5 Å². The minimum Gasteiger partial charge on any atom is -0.497 e. The summed E-state index contributed by atoms with van der Waals surface area (Å²) in [5.41, 5.74) is 2.31. The van der Waals surface area contributed by atoms with E-state index < -0.39 is 0 Å². The fraction of sp³-hybridized carbons (Fsp3) is 0.368. The summed E-state index contributed by atoms with van der Waals surface area (Å²) in [6, 6.07) is 9.51. The van der Waals surface area contributed by atoms with Crippen LogP contribution < -0.4 is 10.1 Å². The Morgan fingerprint density at radius 3 is 2.96 bits per heavy atom. The van der Waals surface area contributed by atoms with Gasteiger partial charge in [0, 0.05) is 31.0 Å². The first-order valence-corrected chi connectivity index (χ1v) is 8.31. The lowest BCUT2D eigenvalue weighted by atomic mass is 10.00.